The number of aliphatic imine (C=N–C) groups is 1. The predicted molar refractivity (Wildman–Crippen MR) is 117 cm³/mol. The highest BCUT2D eigenvalue weighted by atomic mass is 35.5. The summed E-state index contributed by atoms with van der Waals surface area (Å²) in [6, 6.07) is 12.7. The minimum atomic E-state index is -0.486. The largest absolute Gasteiger partial charge is 0.294 e. The smallest absolute Gasteiger partial charge is 0.242 e. The first-order chi connectivity index (χ1) is 13.4. The lowest BCUT2D eigenvalue weighted by molar-refractivity contribution is -0.125. The second-order valence-electron chi connectivity index (χ2n) is 6.64. The lowest BCUT2D eigenvalue weighted by atomic mass is 10.0. The molecule has 1 fully saturated rings. The number of ketones is 1. The van der Waals surface area contributed by atoms with Gasteiger partial charge in [-0.15, -0.1) is 6.58 Å². The van der Waals surface area contributed by atoms with Crippen LogP contribution in [0.5, 0.6) is 0 Å². The molecule has 1 aliphatic heterocycles. The van der Waals surface area contributed by atoms with Crippen molar-refractivity contribution in [3.63, 3.8) is 0 Å². The highest BCUT2D eigenvalue weighted by Crippen LogP contribution is 2.32. The number of hydrogen-bond acceptors (Lipinski definition) is 4. The molecule has 1 heterocycles. The standard InChI is InChI=1S/C22H21ClN2O2S/c1-4-11-25-21(27)20(13-19(26)16-6-5-14(2)15(3)12-16)28-22(25)24-18-9-7-17(23)8-10-18/h4-10,12,20H,1,11,13H2,2-3H3. The van der Waals surface area contributed by atoms with Crippen LogP contribution >= 0.6 is 23.4 Å². The van der Waals surface area contributed by atoms with Gasteiger partial charge in [-0.05, 0) is 55.3 Å². The number of benzene rings is 2. The van der Waals surface area contributed by atoms with Gasteiger partial charge in [-0.2, -0.15) is 0 Å². The van der Waals surface area contributed by atoms with Crippen molar-refractivity contribution in [1.82, 2.24) is 4.90 Å². The van der Waals surface area contributed by atoms with E-state index >= 15 is 0 Å². The average molecular weight is 413 g/mol. The molecule has 0 aromatic heterocycles. The van der Waals surface area contributed by atoms with E-state index < -0.39 is 5.25 Å². The number of hydrogen-bond donors (Lipinski definition) is 0. The van der Waals surface area contributed by atoms with Gasteiger partial charge in [0.05, 0.1) is 10.9 Å². The number of Topliss-reactive ketones (excluding diaryl/α,β-unsaturated/α-hetero) is 1. The number of thioether (sulfide) groups is 1. The first kappa shape index (κ1) is 20.4. The molecule has 4 nitrogen and oxygen atoms in total. The quantitative estimate of drug-likeness (QED) is 0.474. The second kappa shape index (κ2) is 8.76. The number of carbonyl (C=O) groups is 2. The van der Waals surface area contributed by atoms with Gasteiger partial charge in [-0.3, -0.25) is 14.5 Å². The Morgan fingerprint density at radius 3 is 2.57 bits per heavy atom. The minimum Gasteiger partial charge on any atom is -0.294 e. The van der Waals surface area contributed by atoms with Gasteiger partial charge in [-0.1, -0.05) is 41.6 Å². The lowest BCUT2D eigenvalue weighted by Gasteiger charge is -2.13. The predicted octanol–water partition coefficient (Wildman–Crippen LogP) is 5.35. The number of carbonyl (C=O) groups excluding carboxylic acids is 2. The molecule has 0 spiro atoms. The zero-order chi connectivity index (χ0) is 20.3. The molecule has 2 aromatic carbocycles. The minimum absolute atomic E-state index is 0.0414. The Hall–Kier alpha value is -2.37. The topological polar surface area (TPSA) is 49.7 Å². The maximum absolute atomic E-state index is 12.8. The maximum Gasteiger partial charge on any atom is 0.242 e. The van der Waals surface area contributed by atoms with Gasteiger partial charge < -0.3 is 0 Å². The van der Waals surface area contributed by atoms with Crippen LogP contribution in [0.4, 0.5) is 5.69 Å². The maximum atomic E-state index is 12.8. The van der Waals surface area contributed by atoms with E-state index in [2.05, 4.69) is 11.6 Å². The molecule has 2 aromatic rings. The van der Waals surface area contributed by atoms with Crippen LogP contribution in [0.15, 0.2) is 60.1 Å². The molecule has 1 amide bonds. The molecule has 1 saturated heterocycles. The van der Waals surface area contributed by atoms with Gasteiger partial charge in [0.2, 0.25) is 5.91 Å². The van der Waals surface area contributed by atoms with Crippen molar-refractivity contribution >= 4 is 45.9 Å². The van der Waals surface area contributed by atoms with E-state index in [0.717, 1.165) is 11.1 Å². The molecule has 1 atom stereocenters. The molecule has 28 heavy (non-hydrogen) atoms. The molecule has 0 aliphatic carbocycles. The molecule has 0 radical (unpaired) electrons. The van der Waals surface area contributed by atoms with Crippen molar-refractivity contribution < 1.29 is 9.59 Å². The highest BCUT2D eigenvalue weighted by molar-refractivity contribution is 8.15. The molecule has 144 valence electrons. The van der Waals surface area contributed by atoms with Gasteiger partial charge in [0.25, 0.3) is 0 Å². The van der Waals surface area contributed by atoms with Crippen LogP contribution in [-0.2, 0) is 4.79 Å². The summed E-state index contributed by atoms with van der Waals surface area (Å²) in [7, 11) is 0. The fourth-order valence-electron chi connectivity index (χ4n) is 2.85. The molecule has 3 rings (SSSR count). The van der Waals surface area contributed by atoms with Crippen LogP contribution in [0.1, 0.15) is 27.9 Å². The van der Waals surface area contributed by atoms with Gasteiger partial charge in [0.1, 0.15) is 0 Å². The zero-order valence-electron chi connectivity index (χ0n) is 15.8. The zero-order valence-corrected chi connectivity index (χ0v) is 17.4. The van der Waals surface area contributed by atoms with E-state index in [0.29, 0.717) is 28.0 Å². The second-order valence-corrected chi connectivity index (χ2v) is 8.25. The number of halogens is 1. The van der Waals surface area contributed by atoms with Crippen molar-refractivity contribution in [1.29, 1.82) is 0 Å². The van der Waals surface area contributed by atoms with Crippen molar-refractivity contribution in [3.8, 4) is 0 Å². The van der Waals surface area contributed by atoms with Crippen LogP contribution in [0.25, 0.3) is 0 Å². The number of amides is 1. The van der Waals surface area contributed by atoms with Crippen LogP contribution < -0.4 is 0 Å². The van der Waals surface area contributed by atoms with Crippen molar-refractivity contribution in [2.45, 2.75) is 25.5 Å². The summed E-state index contributed by atoms with van der Waals surface area (Å²) in [5.74, 6) is -0.157. The van der Waals surface area contributed by atoms with Crippen LogP contribution in [-0.4, -0.2) is 33.6 Å². The normalized spacial score (nSPS) is 18.0. The molecule has 6 heteroatoms. The van der Waals surface area contributed by atoms with Gasteiger partial charge >= 0.3 is 0 Å². The molecule has 1 unspecified atom stereocenters. The van der Waals surface area contributed by atoms with Gasteiger partial charge in [-0.25, -0.2) is 4.99 Å². The van der Waals surface area contributed by atoms with Gasteiger partial charge in [0.15, 0.2) is 11.0 Å². The lowest BCUT2D eigenvalue weighted by Crippen LogP contribution is -2.32. The van der Waals surface area contributed by atoms with Crippen molar-refractivity contribution in [2.75, 3.05) is 6.54 Å². The van der Waals surface area contributed by atoms with Crippen LogP contribution in [0.2, 0.25) is 5.02 Å². The fraction of sp³-hybridized carbons (Fsp3) is 0.227. The fourth-order valence-corrected chi connectivity index (χ4v) is 4.14. The Bertz CT molecular complexity index is 954. The summed E-state index contributed by atoms with van der Waals surface area (Å²) < 4.78 is 0. The Kier molecular flexibility index (Phi) is 6.37. The number of rotatable bonds is 6. The third kappa shape index (κ3) is 4.54. The van der Waals surface area contributed by atoms with E-state index in [1.165, 1.54) is 11.8 Å². The number of nitrogens with zero attached hydrogens (tertiary/aromatic N) is 2. The van der Waals surface area contributed by atoms with E-state index in [4.69, 9.17) is 11.6 Å². The van der Waals surface area contributed by atoms with E-state index in [9.17, 15) is 9.59 Å². The summed E-state index contributed by atoms with van der Waals surface area (Å²) in [5.41, 5.74) is 3.54. The summed E-state index contributed by atoms with van der Waals surface area (Å²) in [5, 5.41) is 0.712. The molecule has 0 saturated carbocycles. The van der Waals surface area contributed by atoms with Crippen molar-refractivity contribution in [3.05, 3.63) is 76.8 Å². The Morgan fingerprint density at radius 2 is 1.93 bits per heavy atom. The average Bonchev–Trinajstić information content (AvgIpc) is 2.95. The van der Waals surface area contributed by atoms with E-state index in [1.807, 2.05) is 32.0 Å². The summed E-state index contributed by atoms with van der Waals surface area (Å²) in [6.07, 6.45) is 1.79. The molecule has 0 N–H and O–H groups in total. The van der Waals surface area contributed by atoms with Crippen molar-refractivity contribution in [2.24, 2.45) is 4.99 Å². The molecule has 0 bridgehead atoms. The third-order valence-corrected chi connectivity index (χ3v) is 6.01. The number of aryl methyl sites for hydroxylation is 2. The molecular weight excluding hydrogens is 392 g/mol. The van der Waals surface area contributed by atoms with Crippen LogP contribution in [0.3, 0.4) is 0 Å². The molecular formula is C22H21ClN2O2S. The Labute approximate surface area is 174 Å². The Morgan fingerprint density at radius 1 is 1.21 bits per heavy atom. The number of amidine groups is 1. The Balaban J connectivity index is 1.81. The first-order valence-corrected chi connectivity index (χ1v) is 10.2. The molecule has 1 aliphatic rings. The SMILES string of the molecule is C=CCN1C(=O)C(CC(=O)c2ccc(C)c(C)c2)SC1=Nc1ccc(Cl)cc1. The summed E-state index contributed by atoms with van der Waals surface area (Å²) in [6.45, 7) is 8.06. The summed E-state index contributed by atoms with van der Waals surface area (Å²) >= 11 is 7.24. The van der Waals surface area contributed by atoms with Gasteiger partial charge in [0, 0.05) is 23.6 Å². The first-order valence-electron chi connectivity index (χ1n) is 8.92. The van der Waals surface area contributed by atoms with E-state index in [1.54, 1.807) is 35.2 Å². The van der Waals surface area contributed by atoms with Crippen LogP contribution in [0, 0.1) is 13.8 Å². The third-order valence-electron chi connectivity index (χ3n) is 4.58. The monoisotopic (exact) mass is 412 g/mol. The highest BCUT2D eigenvalue weighted by Gasteiger charge is 2.38. The summed E-state index contributed by atoms with van der Waals surface area (Å²) in [4.78, 5) is 31.7. The van der Waals surface area contributed by atoms with E-state index in [-0.39, 0.29) is 18.1 Å².